The Morgan fingerprint density at radius 2 is 2.10 bits per heavy atom. The molecule has 0 saturated carbocycles. The molecule has 0 spiro atoms. The van der Waals surface area contributed by atoms with Crippen molar-refractivity contribution in [3.63, 3.8) is 0 Å². The van der Waals surface area contributed by atoms with Crippen molar-refractivity contribution in [2.75, 3.05) is 5.73 Å². The van der Waals surface area contributed by atoms with Crippen molar-refractivity contribution in [3.05, 3.63) is 28.2 Å². The Bertz CT molecular complexity index is 876. The number of thiazole rings is 2. The van der Waals surface area contributed by atoms with Crippen molar-refractivity contribution in [2.45, 2.75) is 24.4 Å². The van der Waals surface area contributed by atoms with E-state index in [-0.39, 0.29) is 10.8 Å². The lowest BCUT2D eigenvalue weighted by molar-refractivity contribution is 0.468. The minimum atomic E-state index is -3.83. The summed E-state index contributed by atoms with van der Waals surface area (Å²) >= 11 is 2.71. The summed E-state index contributed by atoms with van der Waals surface area (Å²) in [5.74, 6) is -0.00992. The highest BCUT2D eigenvalue weighted by atomic mass is 32.2. The Labute approximate surface area is 129 Å². The lowest BCUT2D eigenvalue weighted by atomic mass is 10.1. The standard InChI is InChI=1S/C11H13N5O2S3/c1-11(2,9-13-3-5-19-9)15-21(17,18)8-7(12)14-10-16(8)4-6-20-10/h3-6,15H,12H2,1-2H3. The molecule has 0 bridgehead atoms. The molecule has 0 atom stereocenters. The van der Waals surface area contributed by atoms with Crippen LogP contribution in [-0.2, 0) is 15.6 Å². The van der Waals surface area contributed by atoms with Crippen molar-refractivity contribution in [3.8, 4) is 0 Å². The number of hydrogen-bond acceptors (Lipinski definition) is 7. The molecule has 0 unspecified atom stereocenters. The number of imidazole rings is 1. The highest BCUT2D eigenvalue weighted by Crippen LogP contribution is 2.28. The molecule has 3 N–H and O–H groups in total. The van der Waals surface area contributed by atoms with Gasteiger partial charge in [0.25, 0.3) is 10.0 Å². The third kappa shape index (κ3) is 2.44. The second-order valence-corrected chi connectivity index (χ2v) is 8.29. The molecule has 7 nitrogen and oxygen atoms in total. The first kappa shape index (κ1) is 14.4. The van der Waals surface area contributed by atoms with Crippen molar-refractivity contribution >= 4 is 43.5 Å². The summed E-state index contributed by atoms with van der Waals surface area (Å²) in [6.07, 6.45) is 3.27. The number of nitrogens with zero attached hydrogens (tertiary/aromatic N) is 3. The van der Waals surface area contributed by atoms with Crippen molar-refractivity contribution in [2.24, 2.45) is 0 Å². The lowest BCUT2D eigenvalue weighted by Crippen LogP contribution is -2.41. The van der Waals surface area contributed by atoms with Crippen LogP contribution in [0.1, 0.15) is 18.9 Å². The van der Waals surface area contributed by atoms with Crippen LogP contribution in [0, 0.1) is 0 Å². The molecular formula is C11H13N5O2S3. The molecule has 3 rings (SSSR count). The SMILES string of the molecule is CC(C)(NS(=O)(=O)c1c(N)nc2sccn12)c1nccs1. The summed E-state index contributed by atoms with van der Waals surface area (Å²) in [5, 5.41) is 4.20. The van der Waals surface area contributed by atoms with Gasteiger partial charge in [0.15, 0.2) is 15.8 Å². The Kier molecular flexibility index (Phi) is 3.28. The predicted octanol–water partition coefficient (Wildman–Crippen LogP) is 1.65. The summed E-state index contributed by atoms with van der Waals surface area (Å²) in [6.45, 7) is 3.51. The molecule has 0 aliphatic rings. The highest BCUT2D eigenvalue weighted by Gasteiger charge is 2.33. The van der Waals surface area contributed by atoms with Gasteiger partial charge < -0.3 is 5.73 Å². The third-order valence-corrected chi connectivity index (χ3v) is 6.40. The Morgan fingerprint density at radius 3 is 2.76 bits per heavy atom. The molecule has 0 saturated heterocycles. The fourth-order valence-corrected chi connectivity index (χ4v) is 5.16. The molecule has 3 aromatic rings. The molecular weight excluding hydrogens is 330 g/mol. The highest BCUT2D eigenvalue weighted by molar-refractivity contribution is 7.89. The van der Waals surface area contributed by atoms with Crippen LogP contribution in [0.3, 0.4) is 0 Å². The van der Waals surface area contributed by atoms with Crippen molar-refractivity contribution < 1.29 is 8.42 Å². The molecule has 0 amide bonds. The number of aromatic nitrogens is 3. The zero-order valence-corrected chi connectivity index (χ0v) is 13.7. The fraction of sp³-hybridized carbons (Fsp3) is 0.273. The zero-order valence-electron chi connectivity index (χ0n) is 11.3. The quantitative estimate of drug-likeness (QED) is 0.750. The summed E-state index contributed by atoms with van der Waals surface area (Å²) in [4.78, 5) is 8.77. The van der Waals surface area contributed by atoms with E-state index in [9.17, 15) is 8.42 Å². The summed E-state index contributed by atoms with van der Waals surface area (Å²) in [5.41, 5.74) is 4.93. The molecule has 0 fully saturated rings. The number of nitrogens with two attached hydrogens (primary N) is 1. The third-order valence-electron chi connectivity index (χ3n) is 2.85. The Morgan fingerprint density at radius 1 is 1.33 bits per heavy atom. The van der Waals surface area contributed by atoms with Gasteiger partial charge in [0.1, 0.15) is 5.01 Å². The summed E-state index contributed by atoms with van der Waals surface area (Å²) in [7, 11) is -3.83. The first-order valence-corrected chi connectivity index (χ1v) is 9.20. The van der Waals surface area contributed by atoms with E-state index in [1.807, 2.05) is 0 Å². The van der Waals surface area contributed by atoms with E-state index >= 15 is 0 Å². The normalized spacial score (nSPS) is 13.0. The van der Waals surface area contributed by atoms with E-state index in [4.69, 9.17) is 5.73 Å². The van der Waals surface area contributed by atoms with Crippen LogP contribution in [0.4, 0.5) is 5.82 Å². The number of fused-ring (bicyclic) bond motifs is 1. The number of rotatable bonds is 4. The molecule has 21 heavy (non-hydrogen) atoms. The number of nitrogens with one attached hydrogen (secondary N) is 1. The average molecular weight is 343 g/mol. The first-order valence-electron chi connectivity index (χ1n) is 5.96. The van der Waals surface area contributed by atoms with Crippen LogP contribution >= 0.6 is 22.7 Å². The second kappa shape index (κ2) is 4.77. The number of hydrogen-bond donors (Lipinski definition) is 2. The molecule has 0 aliphatic heterocycles. The maximum atomic E-state index is 12.7. The summed E-state index contributed by atoms with van der Waals surface area (Å²) in [6, 6.07) is 0. The number of anilines is 1. The monoisotopic (exact) mass is 343 g/mol. The van der Waals surface area contributed by atoms with E-state index in [1.54, 1.807) is 37.0 Å². The van der Waals surface area contributed by atoms with Gasteiger partial charge in [0.2, 0.25) is 0 Å². The molecule has 0 aromatic carbocycles. The molecule has 0 aliphatic carbocycles. The maximum absolute atomic E-state index is 12.7. The molecule has 112 valence electrons. The van der Waals surface area contributed by atoms with E-state index in [0.717, 1.165) is 0 Å². The van der Waals surface area contributed by atoms with Crippen LogP contribution in [-0.4, -0.2) is 22.8 Å². The van der Waals surface area contributed by atoms with Gasteiger partial charge in [0, 0.05) is 23.2 Å². The maximum Gasteiger partial charge on any atom is 0.261 e. The van der Waals surface area contributed by atoms with Gasteiger partial charge in [-0.1, -0.05) is 0 Å². The number of nitrogen functional groups attached to an aromatic ring is 1. The van der Waals surface area contributed by atoms with Gasteiger partial charge in [0.05, 0.1) is 5.54 Å². The second-order valence-electron chi connectivity index (χ2n) is 4.93. The molecule has 3 heterocycles. The predicted molar refractivity (Wildman–Crippen MR) is 82.9 cm³/mol. The fourth-order valence-electron chi connectivity index (χ4n) is 2.01. The smallest absolute Gasteiger partial charge is 0.261 e. The van der Waals surface area contributed by atoms with Crippen LogP contribution in [0.5, 0.6) is 0 Å². The van der Waals surface area contributed by atoms with Gasteiger partial charge in [-0.3, -0.25) is 4.40 Å². The first-order chi connectivity index (χ1) is 9.81. The topological polar surface area (TPSA) is 102 Å². The summed E-state index contributed by atoms with van der Waals surface area (Å²) < 4.78 is 29.4. The minimum Gasteiger partial charge on any atom is -0.381 e. The van der Waals surface area contributed by atoms with Gasteiger partial charge >= 0.3 is 0 Å². The largest absolute Gasteiger partial charge is 0.381 e. The molecule has 3 aromatic heterocycles. The van der Waals surface area contributed by atoms with Gasteiger partial charge in [-0.25, -0.2) is 18.4 Å². The van der Waals surface area contributed by atoms with Gasteiger partial charge in [-0.05, 0) is 13.8 Å². The van der Waals surface area contributed by atoms with Crippen molar-refractivity contribution in [1.29, 1.82) is 0 Å². The zero-order chi connectivity index (χ0) is 15.3. The molecule has 0 radical (unpaired) electrons. The van der Waals surface area contributed by atoms with Crippen LogP contribution in [0.2, 0.25) is 0 Å². The van der Waals surface area contributed by atoms with E-state index in [1.165, 1.54) is 27.1 Å². The van der Waals surface area contributed by atoms with E-state index < -0.39 is 15.6 Å². The Balaban J connectivity index is 2.05. The lowest BCUT2D eigenvalue weighted by Gasteiger charge is -2.23. The average Bonchev–Trinajstić information content (AvgIpc) is 2.99. The van der Waals surface area contributed by atoms with Gasteiger partial charge in [-0.15, -0.1) is 22.7 Å². The van der Waals surface area contributed by atoms with E-state index in [0.29, 0.717) is 9.97 Å². The van der Waals surface area contributed by atoms with Crippen LogP contribution in [0.25, 0.3) is 4.96 Å². The minimum absolute atomic E-state index is 0.00992. The van der Waals surface area contributed by atoms with Crippen molar-refractivity contribution in [1.82, 2.24) is 19.1 Å². The van der Waals surface area contributed by atoms with E-state index in [2.05, 4.69) is 14.7 Å². The molecule has 10 heteroatoms. The van der Waals surface area contributed by atoms with Crippen LogP contribution in [0.15, 0.2) is 28.2 Å². The van der Waals surface area contributed by atoms with Crippen LogP contribution < -0.4 is 10.5 Å². The number of sulfonamides is 1. The van der Waals surface area contributed by atoms with Gasteiger partial charge in [-0.2, -0.15) is 4.72 Å². The Hall–Kier alpha value is -1.49.